The molecule has 2 rings (SSSR count). The van der Waals surface area contributed by atoms with Gasteiger partial charge in [0.1, 0.15) is 17.8 Å². The SMILES string of the molecule is COC(=O)CNC(=O)c1cnc2c(OC)cccc2c1. The van der Waals surface area contributed by atoms with Gasteiger partial charge in [-0.2, -0.15) is 0 Å². The number of aromatic nitrogens is 1. The van der Waals surface area contributed by atoms with Crippen LogP contribution in [-0.4, -0.2) is 37.6 Å². The molecule has 0 bridgehead atoms. The van der Waals surface area contributed by atoms with Gasteiger partial charge in [-0.1, -0.05) is 12.1 Å². The first kappa shape index (κ1) is 13.8. The monoisotopic (exact) mass is 274 g/mol. The van der Waals surface area contributed by atoms with Crippen LogP contribution in [0.15, 0.2) is 30.5 Å². The van der Waals surface area contributed by atoms with E-state index in [4.69, 9.17) is 4.74 Å². The average Bonchev–Trinajstić information content (AvgIpc) is 2.50. The molecule has 1 N–H and O–H groups in total. The first-order valence-electron chi connectivity index (χ1n) is 5.93. The van der Waals surface area contributed by atoms with Crippen molar-refractivity contribution in [3.63, 3.8) is 0 Å². The fourth-order valence-electron chi connectivity index (χ4n) is 1.75. The van der Waals surface area contributed by atoms with Gasteiger partial charge in [0, 0.05) is 11.6 Å². The second kappa shape index (κ2) is 6.01. The highest BCUT2D eigenvalue weighted by molar-refractivity contribution is 5.99. The second-order valence-corrected chi connectivity index (χ2v) is 4.01. The number of esters is 1. The smallest absolute Gasteiger partial charge is 0.325 e. The van der Waals surface area contributed by atoms with Crippen molar-refractivity contribution < 1.29 is 19.1 Å². The number of nitrogens with zero attached hydrogens (tertiary/aromatic N) is 1. The Morgan fingerprint density at radius 1 is 1.30 bits per heavy atom. The summed E-state index contributed by atoms with van der Waals surface area (Å²) in [6, 6.07) is 7.14. The summed E-state index contributed by atoms with van der Waals surface area (Å²) in [5.41, 5.74) is 1.05. The van der Waals surface area contributed by atoms with Crippen LogP contribution in [0.2, 0.25) is 0 Å². The summed E-state index contributed by atoms with van der Waals surface area (Å²) >= 11 is 0. The Morgan fingerprint density at radius 3 is 2.80 bits per heavy atom. The zero-order valence-electron chi connectivity index (χ0n) is 11.2. The van der Waals surface area contributed by atoms with Crippen LogP contribution >= 0.6 is 0 Å². The van der Waals surface area contributed by atoms with Crippen molar-refractivity contribution in [3.8, 4) is 5.75 Å². The van der Waals surface area contributed by atoms with Gasteiger partial charge in [0.05, 0.1) is 19.8 Å². The number of benzene rings is 1. The van der Waals surface area contributed by atoms with Gasteiger partial charge in [-0.05, 0) is 12.1 Å². The number of fused-ring (bicyclic) bond motifs is 1. The highest BCUT2D eigenvalue weighted by Crippen LogP contribution is 2.23. The van der Waals surface area contributed by atoms with Gasteiger partial charge < -0.3 is 14.8 Å². The molecule has 1 heterocycles. The van der Waals surface area contributed by atoms with Gasteiger partial charge in [-0.15, -0.1) is 0 Å². The van der Waals surface area contributed by atoms with Gasteiger partial charge in [-0.3, -0.25) is 14.6 Å². The van der Waals surface area contributed by atoms with Crippen LogP contribution in [0, 0.1) is 0 Å². The number of ether oxygens (including phenoxy) is 2. The quantitative estimate of drug-likeness (QED) is 0.846. The molecule has 0 spiro atoms. The predicted molar refractivity (Wildman–Crippen MR) is 72.6 cm³/mol. The highest BCUT2D eigenvalue weighted by atomic mass is 16.5. The van der Waals surface area contributed by atoms with Crippen LogP contribution in [0.4, 0.5) is 0 Å². The van der Waals surface area contributed by atoms with Gasteiger partial charge in [-0.25, -0.2) is 0 Å². The fraction of sp³-hybridized carbons (Fsp3) is 0.214. The van der Waals surface area contributed by atoms with Crippen LogP contribution in [0.1, 0.15) is 10.4 Å². The number of amides is 1. The van der Waals surface area contributed by atoms with Gasteiger partial charge in [0.25, 0.3) is 5.91 Å². The largest absolute Gasteiger partial charge is 0.494 e. The van der Waals surface area contributed by atoms with E-state index in [1.807, 2.05) is 12.1 Å². The third-order valence-corrected chi connectivity index (χ3v) is 2.78. The normalized spacial score (nSPS) is 10.1. The molecule has 2 aromatic rings. The molecule has 0 radical (unpaired) electrons. The van der Waals surface area contributed by atoms with Gasteiger partial charge >= 0.3 is 5.97 Å². The highest BCUT2D eigenvalue weighted by Gasteiger charge is 2.10. The summed E-state index contributed by atoms with van der Waals surface area (Å²) in [6.45, 7) is -0.175. The van der Waals surface area contributed by atoms with Crippen molar-refractivity contribution in [1.82, 2.24) is 10.3 Å². The van der Waals surface area contributed by atoms with Crippen molar-refractivity contribution in [2.75, 3.05) is 20.8 Å². The lowest BCUT2D eigenvalue weighted by Crippen LogP contribution is -2.30. The fourth-order valence-corrected chi connectivity index (χ4v) is 1.75. The zero-order valence-corrected chi connectivity index (χ0v) is 11.2. The molecule has 0 saturated carbocycles. The lowest BCUT2D eigenvalue weighted by atomic mass is 10.1. The summed E-state index contributed by atoms with van der Waals surface area (Å²) in [4.78, 5) is 27.1. The maximum atomic E-state index is 11.9. The molecule has 0 saturated heterocycles. The van der Waals surface area contributed by atoms with E-state index < -0.39 is 5.97 Å². The molecule has 0 atom stereocenters. The molecule has 0 aliphatic rings. The minimum atomic E-state index is -0.506. The molecule has 20 heavy (non-hydrogen) atoms. The standard InChI is InChI=1S/C14H14N2O4/c1-19-11-5-3-4-9-6-10(7-15-13(9)11)14(18)16-8-12(17)20-2/h3-7H,8H2,1-2H3,(H,16,18). The topological polar surface area (TPSA) is 77.5 Å². The molecule has 0 fully saturated rings. The predicted octanol–water partition coefficient (Wildman–Crippen LogP) is 1.15. The number of pyridine rings is 1. The number of rotatable bonds is 4. The van der Waals surface area contributed by atoms with Gasteiger partial charge in [0.15, 0.2) is 0 Å². The molecule has 6 heteroatoms. The number of nitrogens with one attached hydrogen (secondary N) is 1. The number of methoxy groups -OCH3 is 2. The van der Waals surface area contributed by atoms with E-state index in [0.717, 1.165) is 5.39 Å². The molecular formula is C14H14N2O4. The van der Waals surface area contributed by atoms with E-state index in [1.165, 1.54) is 13.3 Å². The number of para-hydroxylation sites is 1. The molecule has 0 aliphatic heterocycles. The van der Waals surface area contributed by atoms with Crippen LogP contribution in [-0.2, 0) is 9.53 Å². The number of carbonyl (C=O) groups is 2. The Kier molecular flexibility index (Phi) is 4.14. The van der Waals surface area contributed by atoms with E-state index in [-0.39, 0.29) is 12.5 Å². The van der Waals surface area contributed by atoms with Crippen molar-refractivity contribution in [3.05, 3.63) is 36.0 Å². The Morgan fingerprint density at radius 2 is 2.10 bits per heavy atom. The van der Waals surface area contributed by atoms with Crippen molar-refractivity contribution in [2.24, 2.45) is 0 Å². The van der Waals surface area contributed by atoms with Crippen molar-refractivity contribution >= 4 is 22.8 Å². The van der Waals surface area contributed by atoms with Crippen molar-refractivity contribution in [1.29, 1.82) is 0 Å². The van der Waals surface area contributed by atoms with E-state index in [2.05, 4.69) is 15.0 Å². The minimum absolute atomic E-state index is 0.175. The lowest BCUT2D eigenvalue weighted by molar-refractivity contribution is -0.139. The Balaban J connectivity index is 2.23. The maximum Gasteiger partial charge on any atom is 0.325 e. The zero-order chi connectivity index (χ0) is 14.5. The molecule has 1 aromatic heterocycles. The molecular weight excluding hydrogens is 260 g/mol. The molecule has 0 aliphatic carbocycles. The third-order valence-electron chi connectivity index (χ3n) is 2.78. The number of hydrogen-bond acceptors (Lipinski definition) is 5. The summed E-state index contributed by atoms with van der Waals surface area (Å²) < 4.78 is 9.65. The van der Waals surface area contributed by atoms with Crippen molar-refractivity contribution in [2.45, 2.75) is 0 Å². The van der Waals surface area contributed by atoms with E-state index in [1.54, 1.807) is 19.2 Å². The van der Waals surface area contributed by atoms with E-state index in [9.17, 15) is 9.59 Å². The van der Waals surface area contributed by atoms with Crippen LogP contribution in [0.25, 0.3) is 10.9 Å². The first-order valence-corrected chi connectivity index (χ1v) is 5.93. The second-order valence-electron chi connectivity index (χ2n) is 4.01. The van der Waals surface area contributed by atoms with Crippen LogP contribution < -0.4 is 10.1 Å². The molecule has 1 aromatic carbocycles. The number of carbonyl (C=O) groups excluding carboxylic acids is 2. The Labute approximate surface area is 115 Å². The summed E-state index contributed by atoms with van der Waals surface area (Å²) in [7, 11) is 2.83. The minimum Gasteiger partial charge on any atom is -0.494 e. The molecule has 1 amide bonds. The van der Waals surface area contributed by atoms with Gasteiger partial charge in [0.2, 0.25) is 0 Å². The molecule has 0 unspecified atom stereocenters. The summed E-state index contributed by atoms with van der Waals surface area (Å²) in [5.74, 6) is -0.245. The molecule has 6 nitrogen and oxygen atoms in total. The van der Waals surface area contributed by atoms with E-state index >= 15 is 0 Å². The lowest BCUT2D eigenvalue weighted by Gasteiger charge is -2.07. The van der Waals surface area contributed by atoms with Crippen LogP contribution in [0.5, 0.6) is 5.75 Å². The Hall–Kier alpha value is -2.63. The first-order chi connectivity index (χ1) is 9.65. The van der Waals surface area contributed by atoms with E-state index in [0.29, 0.717) is 16.8 Å². The summed E-state index contributed by atoms with van der Waals surface area (Å²) in [6.07, 6.45) is 1.44. The summed E-state index contributed by atoms with van der Waals surface area (Å²) in [5, 5.41) is 3.25. The number of hydrogen-bond donors (Lipinski definition) is 1. The van der Waals surface area contributed by atoms with Crippen LogP contribution in [0.3, 0.4) is 0 Å². The third kappa shape index (κ3) is 2.85. The Bertz CT molecular complexity index is 655. The average molecular weight is 274 g/mol. The molecule has 104 valence electrons. The maximum absolute atomic E-state index is 11.9.